The van der Waals surface area contributed by atoms with E-state index in [0.29, 0.717) is 0 Å². The zero-order chi connectivity index (χ0) is 9.98. The molecule has 0 aromatic rings. The van der Waals surface area contributed by atoms with Crippen LogP contribution in [-0.2, 0) is 9.59 Å². The summed E-state index contributed by atoms with van der Waals surface area (Å²) in [5, 5.41) is 23.7. The quantitative estimate of drug-likeness (QED) is 0.483. The maximum atomic E-state index is 9.43. The van der Waals surface area contributed by atoms with Crippen molar-refractivity contribution >= 4 is 11.9 Å². The Balaban J connectivity index is -0.0000000625. The smallest absolute Gasteiger partial charge is 0.549 e. The molecule has 0 aliphatic rings. The minimum Gasteiger partial charge on any atom is -0.549 e. The first kappa shape index (κ1) is 25.1. The van der Waals surface area contributed by atoms with Crippen molar-refractivity contribution in [3.05, 3.63) is 0 Å². The largest absolute Gasteiger partial charge is 1.00 e. The van der Waals surface area contributed by atoms with Crippen LogP contribution in [0, 0.1) is 0 Å². The Morgan fingerprint density at radius 2 is 1.14 bits per heavy atom. The fourth-order valence-corrected chi connectivity index (χ4v) is 0.289. The maximum absolute atomic E-state index is 9.43. The fourth-order valence-electron chi connectivity index (χ4n) is 0.289. The Kier molecular flexibility index (Phi) is 36.8. The first-order chi connectivity index (χ1) is 5.54. The van der Waals surface area contributed by atoms with Gasteiger partial charge in [0.2, 0.25) is 0 Å². The topological polar surface area (TPSA) is 104 Å². The predicted molar refractivity (Wildman–Crippen MR) is 37.9 cm³/mol. The summed E-state index contributed by atoms with van der Waals surface area (Å²) in [6.45, 7) is -0.139. The zero-order valence-corrected chi connectivity index (χ0v) is 15.3. The van der Waals surface area contributed by atoms with Gasteiger partial charge in [-0.1, -0.05) is 0 Å². The van der Waals surface area contributed by atoms with Gasteiger partial charge in [-0.05, 0) is 14.1 Å². The van der Waals surface area contributed by atoms with E-state index in [1.165, 1.54) is 0 Å². The molecule has 0 aromatic carbocycles. The summed E-state index contributed by atoms with van der Waals surface area (Å²) in [6.07, 6.45) is 0. The van der Waals surface area contributed by atoms with Crippen LogP contribution in [0.2, 0.25) is 0 Å². The molecule has 14 heavy (non-hydrogen) atoms. The Labute approximate surface area is 168 Å². The summed E-state index contributed by atoms with van der Waals surface area (Å²) in [6, 6.07) is 0. The Morgan fingerprint density at radius 1 is 0.929 bits per heavy atom. The SMILES string of the molecule is CNCC(=O)[O-].CNCC(=O)[O-].[K+].[K+]. The van der Waals surface area contributed by atoms with Gasteiger partial charge < -0.3 is 30.4 Å². The minimum absolute atomic E-state index is 0. The minimum atomic E-state index is -1.07. The summed E-state index contributed by atoms with van der Waals surface area (Å²) in [7, 11) is 3.10. The van der Waals surface area contributed by atoms with E-state index in [1.54, 1.807) is 14.1 Å². The van der Waals surface area contributed by atoms with Crippen LogP contribution < -0.4 is 124 Å². The number of likely N-dealkylation sites (N-methyl/N-ethyl adjacent to an activating group) is 2. The van der Waals surface area contributed by atoms with Gasteiger partial charge in [-0.2, -0.15) is 0 Å². The number of aliphatic carboxylic acids is 2. The number of hydrogen-bond acceptors (Lipinski definition) is 6. The van der Waals surface area contributed by atoms with Crippen LogP contribution in [0.15, 0.2) is 0 Å². The van der Waals surface area contributed by atoms with Crippen LogP contribution in [0.4, 0.5) is 0 Å². The number of carboxylic acid groups (broad SMARTS) is 2. The molecule has 0 saturated heterocycles. The zero-order valence-electron chi connectivity index (χ0n) is 9.05. The van der Waals surface area contributed by atoms with E-state index in [-0.39, 0.29) is 116 Å². The molecule has 0 saturated carbocycles. The molecule has 2 N–H and O–H groups in total. The predicted octanol–water partition coefficient (Wildman–Crippen LogP) is -10.1. The van der Waals surface area contributed by atoms with Gasteiger partial charge in [0.15, 0.2) is 0 Å². The summed E-state index contributed by atoms with van der Waals surface area (Å²) in [4.78, 5) is 18.9. The summed E-state index contributed by atoms with van der Waals surface area (Å²) >= 11 is 0. The maximum Gasteiger partial charge on any atom is 1.00 e. The van der Waals surface area contributed by atoms with E-state index < -0.39 is 11.9 Å². The van der Waals surface area contributed by atoms with Gasteiger partial charge in [-0.25, -0.2) is 0 Å². The first-order valence-electron chi connectivity index (χ1n) is 3.23. The molecule has 0 aliphatic carbocycles. The van der Waals surface area contributed by atoms with Crippen molar-refractivity contribution in [1.82, 2.24) is 10.6 Å². The number of carboxylic acids is 2. The van der Waals surface area contributed by atoms with E-state index in [9.17, 15) is 19.8 Å². The number of carbonyl (C=O) groups is 2. The molecule has 0 amide bonds. The van der Waals surface area contributed by atoms with Gasteiger partial charge in [0.1, 0.15) is 0 Å². The van der Waals surface area contributed by atoms with E-state index in [0.717, 1.165) is 0 Å². The van der Waals surface area contributed by atoms with Crippen molar-refractivity contribution in [3.63, 3.8) is 0 Å². The average Bonchev–Trinajstić information content (AvgIpc) is 1.87. The van der Waals surface area contributed by atoms with Crippen molar-refractivity contribution in [1.29, 1.82) is 0 Å². The monoisotopic (exact) mass is 254 g/mol. The molecule has 8 heteroatoms. The average molecular weight is 254 g/mol. The van der Waals surface area contributed by atoms with Crippen LogP contribution >= 0.6 is 0 Å². The first-order valence-corrected chi connectivity index (χ1v) is 3.23. The van der Waals surface area contributed by atoms with Gasteiger partial charge in [0.05, 0.1) is 11.9 Å². The number of hydrogen-bond donors (Lipinski definition) is 2. The molecule has 0 aliphatic heterocycles. The fraction of sp³-hybridized carbons (Fsp3) is 0.667. The second-order valence-corrected chi connectivity index (χ2v) is 1.80. The van der Waals surface area contributed by atoms with Gasteiger partial charge >= 0.3 is 103 Å². The molecule has 6 nitrogen and oxygen atoms in total. The van der Waals surface area contributed by atoms with E-state index >= 15 is 0 Å². The normalized spacial score (nSPS) is 7.00. The standard InChI is InChI=1S/2C3H7NO2.2K/c2*1-4-2-3(5)6;;/h2*4H,2H2,1H3,(H,5,6);;/q;;2*+1/p-2. The van der Waals surface area contributed by atoms with Gasteiger partial charge in [-0.3, -0.25) is 0 Å². The molecule has 0 rings (SSSR count). The van der Waals surface area contributed by atoms with Crippen LogP contribution in [0.3, 0.4) is 0 Å². The second kappa shape index (κ2) is 20.5. The van der Waals surface area contributed by atoms with E-state index in [4.69, 9.17) is 0 Å². The molecule has 0 spiro atoms. The van der Waals surface area contributed by atoms with Crippen molar-refractivity contribution < 1.29 is 123 Å². The van der Waals surface area contributed by atoms with Crippen LogP contribution in [0.1, 0.15) is 0 Å². The third-order valence-corrected chi connectivity index (χ3v) is 0.642. The van der Waals surface area contributed by atoms with Crippen molar-refractivity contribution in [2.24, 2.45) is 0 Å². The molecular formula is C6H12K2N2O4. The molecule has 0 fully saturated rings. The number of rotatable bonds is 4. The number of nitrogens with one attached hydrogen (secondary N) is 2. The van der Waals surface area contributed by atoms with Gasteiger partial charge in [0, 0.05) is 13.1 Å². The van der Waals surface area contributed by atoms with Crippen molar-refractivity contribution in [2.45, 2.75) is 0 Å². The Bertz CT molecular complexity index is 130. The van der Waals surface area contributed by atoms with Crippen molar-refractivity contribution in [3.8, 4) is 0 Å². The van der Waals surface area contributed by atoms with Crippen molar-refractivity contribution in [2.75, 3.05) is 27.2 Å². The third kappa shape index (κ3) is 36.9. The van der Waals surface area contributed by atoms with E-state index in [1.807, 2.05) is 0 Å². The van der Waals surface area contributed by atoms with E-state index in [2.05, 4.69) is 10.6 Å². The molecule has 0 heterocycles. The van der Waals surface area contributed by atoms with Crippen LogP contribution in [0.25, 0.3) is 0 Å². The molecular weight excluding hydrogens is 242 g/mol. The number of carbonyl (C=O) groups excluding carboxylic acids is 2. The molecule has 0 bridgehead atoms. The van der Waals surface area contributed by atoms with Crippen LogP contribution in [0.5, 0.6) is 0 Å². The second-order valence-electron chi connectivity index (χ2n) is 1.80. The molecule has 0 unspecified atom stereocenters. The Hall–Kier alpha value is 2.13. The molecule has 0 aromatic heterocycles. The van der Waals surface area contributed by atoms with Gasteiger partial charge in [0.25, 0.3) is 0 Å². The summed E-state index contributed by atoms with van der Waals surface area (Å²) in [5.41, 5.74) is 0. The van der Waals surface area contributed by atoms with Gasteiger partial charge in [-0.15, -0.1) is 0 Å². The molecule has 0 radical (unpaired) electrons. The molecule has 72 valence electrons. The summed E-state index contributed by atoms with van der Waals surface area (Å²) in [5.74, 6) is -2.14. The summed E-state index contributed by atoms with van der Waals surface area (Å²) < 4.78 is 0. The Morgan fingerprint density at radius 3 is 1.14 bits per heavy atom. The molecule has 0 atom stereocenters. The van der Waals surface area contributed by atoms with Crippen LogP contribution in [-0.4, -0.2) is 39.1 Å². The third-order valence-electron chi connectivity index (χ3n) is 0.642.